The first-order valence-electron chi connectivity index (χ1n) is 8.20. The van der Waals surface area contributed by atoms with Crippen molar-refractivity contribution in [3.8, 4) is 5.75 Å². The van der Waals surface area contributed by atoms with Gasteiger partial charge in [0, 0.05) is 17.0 Å². The predicted octanol–water partition coefficient (Wildman–Crippen LogP) is 3.54. The lowest BCUT2D eigenvalue weighted by Gasteiger charge is -2.19. The van der Waals surface area contributed by atoms with E-state index in [0.29, 0.717) is 15.8 Å². The molecule has 1 aliphatic rings. The monoisotopic (exact) mass is 486 g/mol. The highest BCUT2D eigenvalue weighted by Gasteiger charge is 2.25. The molecule has 0 saturated heterocycles. The summed E-state index contributed by atoms with van der Waals surface area (Å²) in [7, 11) is -3.84. The van der Waals surface area contributed by atoms with E-state index in [1.807, 2.05) is 19.1 Å². The second kappa shape index (κ2) is 8.10. The molecule has 2 aromatic carbocycles. The average Bonchev–Trinajstić information content (AvgIpc) is 2.61. The van der Waals surface area contributed by atoms with Crippen molar-refractivity contribution in [1.82, 2.24) is 0 Å². The number of amides is 2. The Kier molecular flexibility index (Phi) is 5.97. The third-order valence-electron chi connectivity index (χ3n) is 4.00. The first kappa shape index (κ1) is 20.6. The number of hydrogen-bond acceptors (Lipinski definition) is 5. The number of ether oxygens (including phenoxy) is 1. The van der Waals surface area contributed by atoms with E-state index in [1.165, 1.54) is 12.1 Å². The van der Waals surface area contributed by atoms with Crippen LogP contribution in [0.4, 0.5) is 11.4 Å². The van der Waals surface area contributed by atoms with Crippen LogP contribution in [-0.4, -0.2) is 32.6 Å². The maximum absolute atomic E-state index is 12.7. The van der Waals surface area contributed by atoms with Gasteiger partial charge in [0.05, 0.1) is 27.0 Å². The molecule has 0 unspecified atom stereocenters. The number of anilines is 2. The topological polar surface area (TPSA) is 102 Å². The van der Waals surface area contributed by atoms with Crippen molar-refractivity contribution in [3.63, 3.8) is 0 Å². The molecule has 0 aromatic heterocycles. The van der Waals surface area contributed by atoms with Gasteiger partial charge in [-0.3, -0.25) is 9.59 Å². The zero-order chi connectivity index (χ0) is 20.5. The van der Waals surface area contributed by atoms with Crippen LogP contribution in [0.2, 0.25) is 5.02 Å². The maximum atomic E-state index is 12.7. The molecule has 28 heavy (non-hydrogen) atoms. The van der Waals surface area contributed by atoms with E-state index in [-0.39, 0.29) is 34.6 Å². The highest BCUT2D eigenvalue weighted by Crippen LogP contribution is 2.36. The second-order valence-corrected chi connectivity index (χ2v) is 9.56. The Morgan fingerprint density at radius 3 is 2.79 bits per heavy atom. The fourth-order valence-corrected chi connectivity index (χ4v) is 5.02. The summed E-state index contributed by atoms with van der Waals surface area (Å²) < 4.78 is 31.3. The lowest BCUT2D eigenvalue weighted by molar-refractivity contribution is -0.118. The summed E-state index contributed by atoms with van der Waals surface area (Å²) in [4.78, 5) is 23.4. The van der Waals surface area contributed by atoms with E-state index < -0.39 is 21.5 Å². The highest BCUT2D eigenvalue weighted by atomic mass is 79.9. The van der Waals surface area contributed by atoms with Gasteiger partial charge in [-0.1, -0.05) is 17.7 Å². The van der Waals surface area contributed by atoms with Crippen LogP contribution in [-0.2, 0) is 19.4 Å². The summed E-state index contributed by atoms with van der Waals surface area (Å²) in [6, 6.07) is 8.00. The number of sulfone groups is 1. The number of aryl methyl sites for hydroxylation is 1. The smallest absolute Gasteiger partial charge is 0.262 e. The third-order valence-corrected chi connectivity index (χ3v) is 6.83. The van der Waals surface area contributed by atoms with Gasteiger partial charge in [0.15, 0.2) is 16.4 Å². The zero-order valence-electron chi connectivity index (χ0n) is 14.7. The number of fused-ring (bicyclic) bond motifs is 1. The molecule has 2 aromatic rings. The summed E-state index contributed by atoms with van der Waals surface area (Å²) in [5.41, 5.74) is 1.89. The fraction of sp³-hybridized carbons (Fsp3) is 0.222. The Morgan fingerprint density at radius 2 is 2.07 bits per heavy atom. The fourth-order valence-electron chi connectivity index (χ4n) is 2.59. The van der Waals surface area contributed by atoms with Gasteiger partial charge in [0.1, 0.15) is 5.75 Å². The van der Waals surface area contributed by atoms with Crippen LogP contribution in [0.5, 0.6) is 5.75 Å². The lowest BCUT2D eigenvalue weighted by atomic mass is 10.2. The average molecular weight is 488 g/mol. The molecule has 2 N–H and O–H groups in total. The van der Waals surface area contributed by atoms with Crippen LogP contribution in [0, 0.1) is 6.92 Å². The quantitative estimate of drug-likeness (QED) is 0.672. The van der Waals surface area contributed by atoms with E-state index >= 15 is 0 Å². The maximum Gasteiger partial charge on any atom is 0.262 e. The van der Waals surface area contributed by atoms with Crippen molar-refractivity contribution in [3.05, 3.63) is 45.4 Å². The van der Waals surface area contributed by atoms with Crippen LogP contribution in [0.1, 0.15) is 12.0 Å². The Morgan fingerprint density at radius 1 is 1.32 bits per heavy atom. The number of benzene rings is 2. The van der Waals surface area contributed by atoms with Crippen molar-refractivity contribution >= 4 is 60.6 Å². The van der Waals surface area contributed by atoms with Crippen LogP contribution >= 0.6 is 27.5 Å². The van der Waals surface area contributed by atoms with Crippen molar-refractivity contribution in [2.45, 2.75) is 18.2 Å². The van der Waals surface area contributed by atoms with Gasteiger partial charge in [-0.05, 0) is 46.6 Å². The van der Waals surface area contributed by atoms with Crippen LogP contribution in [0.15, 0.2) is 39.7 Å². The molecule has 0 spiro atoms. The van der Waals surface area contributed by atoms with Crippen molar-refractivity contribution < 1.29 is 22.7 Å². The van der Waals surface area contributed by atoms with Gasteiger partial charge in [0.2, 0.25) is 5.91 Å². The molecule has 10 heteroatoms. The molecule has 0 radical (unpaired) electrons. The highest BCUT2D eigenvalue weighted by molar-refractivity contribution is 9.10. The van der Waals surface area contributed by atoms with Crippen molar-refractivity contribution in [1.29, 1.82) is 0 Å². The molecule has 1 heterocycles. The van der Waals surface area contributed by atoms with Crippen LogP contribution < -0.4 is 15.4 Å². The Hall–Kier alpha value is -2.10. The van der Waals surface area contributed by atoms with Gasteiger partial charge in [0.25, 0.3) is 5.91 Å². The van der Waals surface area contributed by atoms with E-state index in [1.54, 1.807) is 6.07 Å². The minimum Gasteiger partial charge on any atom is -0.482 e. The molecule has 0 bridgehead atoms. The summed E-state index contributed by atoms with van der Waals surface area (Å²) in [5, 5.41) is 5.18. The molecular formula is C18H16BrClN2O5S. The lowest BCUT2D eigenvalue weighted by Crippen LogP contribution is -2.25. The first-order chi connectivity index (χ1) is 13.2. The molecule has 0 fully saturated rings. The minimum absolute atomic E-state index is 0.0498. The van der Waals surface area contributed by atoms with E-state index in [4.69, 9.17) is 16.3 Å². The van der Waals surface area contributed by atoms with Gasteiger partial charge in [-0.2, -0.15) is 0 Å². The molecular weight excluding hydrogens is 472 g/mol. The van der Waals surface area contributed by atoms with Gasteiger partial charge in [-0.15, -0.1) is 0 Å². The van der Waals surface area contributed by atoms with Gasteiger partial charge >= 0.3 is 0 Å². The molecule has 2 amide bonds. The summed E-state index contributed by atoms with van der Waals surface area (Å²) >= 11 is 9.44. The number of halogens is 2. The molecule has 1 aliphatic heterocycles. The first-order valence-corrected chi connectivity index (χ1v) is 11.0. The van der Waals surface area contributed by atoms with Crippen LogP contribution in [0.25, 0.3) is 0 Å². The number of hydrogen-bond donors (Lipinski definition) is 2. The molecule has 0 atom stereocenters. The second-order valence-electron chi connectivity index (χ2n) is 6.22. The predicted molar refractivity (Wildman–Crippen MR) is 110 cm³/mol. The van der Waals surface area contributed by atoms with Gasteiger partial charge in [-0.25, -0.2) is 8.42 Å². The van der Waals surface area contributed by atoms with Crippen molar-refractivity contribution in [2.75, 3.05) is 23.0 Å². The number of carbonyl (C=O) groups excluding carboxylic acids is 2. The number of rotatable bonds is 5. The summed E-state index contributed by atoms with van der Waals surface area (Å²) in [6.45, 7) is 1.71. The summed E-state index contributed by atoms with van der Waals surface area (Å²) in [6.07, 6.45) is -0.242. The normalized spacial score (nSPS) is 13.3. The minimum atomic E-state index is -3.84. The van der Waals surface area contributed by atoms with E-state index in [0.717, 1.165) is 5.56 Å². The molecule has 0 saturated carbocycles. The van der Waals surface area contributed by atoms with E-state index in [2.05, 4.69) is 26.6 Å². The number of nitrogens with one attached hydrogen (secondary N) is 2. The van der Waals surface area contributed by atoms with Gasteiger partial charge < -0.3 is 15.4 Å². The van der Waals surface area contributed by atoms with Crippen LogP contribution in [0.3, 0.4) is 0 Å². The molecule has 7 nitrogen and oxygen atoms in total. The molecule has 3 rings (SSSR count). The number of carbonyl (C=O) groups is 2. The Labute approximate surface area is 175 Å². The third kappa shape index (κ3) is 4.65. The Balaban J connectivity index is 1.71. The van der Waals surface area contributed by atoms with E-state index in [9.17, 15) is 18.0 Å². The summed E-state index contributed by atoms with van der Waals surface area (Å²) in [5.74, 6) is -0.993. The Bertz CT molecular complexity index is 1070. The SMILES string of the molecule is Cc1ccc(NC(=O)CCS(=O)(=O)c2cc3c(cc2Cl)NC(=O)CO3)c(Br)c1. The van der Waals surface area contributed by atoms with Crippen molar-refractivity contribution in [2.24, 2.45) is 0 Å². The largest absolute Gasteiger partial charge is 0.482 e. The standard InChI is InChI=1S/C18H16BrClN2O5S/c1-10-2-3-13(11(19)6-10)21-17(23)4-5-28(25,26)16-8-15-14(7-12(16)20)22-18(24)9-27-15/h2-3,6-8H,4-5,9H2,1H3,(H,21,23)(H,22,24). The molecule has 0 aliphatic carbocycles. The molecule has 148 valence electrons. The zero-order valence-corrected chi connectivity index (χ0v) is 17.9.